The Kier molecular flexibility index (Phi) is 6.98. The molecular formula is C17H27N7OS. The van der Waals surface area contributed by atoms with E-state index in [0.717, 1.165) is 63.5 Å². The molecule has 0 spiro atoms. The number of rotatable bonds is 7. The van der Waals surface area contributed by atoms with E-state index in [4.69, 9.17) is 4.74 Å². The number of hydrogen-bond donors (Lipinski definition) is 2. The van der Waals surface area contributed by atoms with Crippen LogP contribution < -0.4 is 10.6 Å². The average Bonchev–Trinajstić information content (AvgIpc) is 3.29. The Morgan fingerprint density at radius 1 is 1.31 bits per heavy atom. The molecule has 0 atom stereocenters. The summed E-state index contributed by atoms with van der Waals surface area (Å²) in [5.74, 6) is 2.55. The minimum Gasteiger partial charge on any atom is -0.379 e. The molecule has 3 rings (SSSR count). The summed E-state index contributed by atoms with van der Waals surface area (Å²) in [7, 11) is 1.96. The van der Waals surface area contributed by atoms with Crippen LogP contribution in [0.15, 0.2) is 22.5 Å². The predicted molar refractivity (Wildman–Crippen MR) is 103 cm³/mol. The van der Waals surface area contributed by atoms with Gasteiger partial charge in [-0.25, -0.2) is 4.99 Å². The van der Waals surface area contributed by atoms with Gasteiger partial charge in [0, 0.05) is 38.1 Å². The van der Waals surface area contributed by atoms with E-state index < -0.39 is 0 Å². The van der Waals surface area contributed by atoms with Crippen LogP contribution in [0, 0.1) is 6.92 Å². The van der Waals surface area contributed by atoms with E-state index in [-0.39, 0.29) is 0 Å². The molecule has 26 heavy (non-hydrogen) atoms. The molecule has 1 aliphatic rings. The second kappa shape index (κ2) is 9.65. The standard InChI is InChI=1S/C17H27N7OS/c1-14-21-22-16(23(14)2)13-20-17(19-12-15-4-3-11-26-15)18-5-6-24-7-9-25-10-8-24/h3-4,11H,5-10,12-13H2,1-2H3,(H2,18,19,20). The zero-order chi connectivity index (χ0) is 18.2. The van der Waals surface area contributed by atoms with Gasteiger partial charge in [-0.2, -0.15) is 0 Å². The van der Waals surface area contributed by atoms with Crippen LogP contribution in [0.4, 0.5) is 0 Å². The Morgan fingerprint density at radius 2 is 2.15 bits per heavy atom. The van der Waals surface area contributed by atoms with E-state index in [1.807, 2.05) is 18.5 Å². The van der Waals surface area contributed by atoms with Crippen LogP contribution in [0.2, 0.25) is 0 Å². The number of aromatic nitrogens is 3. The normalized spacial score (nSPS) is 16.0. The lowest BCUT2D eigenvalue weighted by Gasteiger charge is -2.26. The van der Waals surface area contributed by atoms with Crippen LogP contribution in [0.5, 0.6) is 0 Å². The third-order valence-corrected chi connectivity index (χ3v) is 5.27. The number of guanidine groups is 1. The maximum atomic E-state index is 5.40. The topological polar surface area (TPSA) is 79.6 Å². The van der Waals surface area contributed by atoms with Gasteiger partial charge in [0.25, 0.3) is 0 Å². The van der Waals surface area contributed by atoms with Crippen molar-refractivity contribution in [1.82, 2.24) is 30.3 Å². The predicted octanol–water partition coefficient (Wildman–Crippen LogP) is 0.753. The van der Waals surface area contributed by atoms with Crippen molar-refractivity contribution in [2.45, 2.75) is 20.0 Å². The summed E-state index contributed by atoms with van der Waals surface area (Å²) in [4.78, 5) is 8.36. The minimum atomic E-state index is 0.495. The van der Waals surface area contributed by atoms with Crippen molar-refractivity contribution < 1.29 is 4.74 Å². The van der Waals surface area contributed by atoms with Gasteiger partial charge < -0.3 is 19.9 Å². The largest absolute Gasteiger partial charge is 0.379 e. The Labute approximate surface area is 158 Å². The molecule has 2 aromatic heterocycles. The van der Waals surface area contributed by atoms with Crippen molar-refractivity contribution in [2.24, 2.45) is 12.0 Å². The number of nitrogens with zero attached hydrogens (tertiary/aromatic N) is 5. The molecule has 0 saturated carbocycles. The van der Waals surface area contributed by atoms with Crippen molar-refractivity contribution in [3.8, 4) is 0 Å². The first-order valence-corrected chi connectivity index (χ1v) is 9.80. The highest BCUT2D eigenvalue weighted by molar-refractivity contribution is 7.09. The summed E-state index contributed by atoms with van der Waals surface area (Å²) >= 11 is 1.74. The quantitative estimate of drug-likeness (QED) is 0.548. The fraction of sp³-hybridized carbons (Fsp3) is 0.588. The Morgan fingerprint density at radius 3 is 2.85 bits per heavy atom. The van der Waals surface area contributed by atoms with Gasteiger partial charge in [0.15, 0.2) is 11.8 Å². The zero-order valence-corrected chi connectivity index (χ0v) is 16.3. The first-order valence-electron chi connectivity index (χ1n) is 8.92. The zero-order valence-electron chi connectivity index (χ0n) is 15.4. The summed E-state index contributed by atoms with van der Waals surface area (Å²) in [5, 5.41) is 17.2. The molecule has 8 nitrogen and oxygen atoms in total. The summed E-state index contributed by atoms with van der Waals surface area (Å²) in [6.45, 7) is 8.65. The number of hydrogen-bond acceptors (Lipinski definition) is 6. The Hall–Kier alpha value is -1.97. The molecule has 3 heterocycles. The SMILES string of the molecule is Cc1nnc(CN=C(NCCN2CCOCC2)NCc2cccs2)n1C. The van der Waals surface area contributed by atoms with Crippen molar-refractivity contribution in [1.29, 1.82) is 0 Å². The van der Waals surface area contributed by atoms with Gasteiger partial charge in [-0.05, 0) is 18.4 Å². The molecule has 142 valence electrons. The lowest BCUT2D eigenvalue weighted by atomic mass is 10.4. The molecule has 1 aliphatic heterocycles. The molecule has 1 saturated heterocycles. The molecule has 1 fully saturated rings. The smallest absolute Gasteiger partial charge is 0.192 e. The molecule has 0 bridgehead atoms. The van der Waals surface area contributed by atoms with Gasteiger partial charge in [-0.3, -0.25) is 4.90 Å². The monoisotopic (exact) mass is 377 g/mol. The maximum absolute atomic E-state index is 5.40. The third kappa shape index (κ3) is 5.52. The van der Waals surface area contributed by atoms with Crippen LogP contribution in [0.25, 0.3) is 0 Å². The first-order chi connectivity index (χ1) is 12.7. The highest BCUT2D eigenvalue weighted by atomic mass is 32.1. The number of aryl methyl sites for hydroxylation is 1. The van der Waals surface area contributed by atoms with Gasteiger partial charge in [0.05, 0.1) is 19.8 Å². The van der Waals surface area contributed by atoms with Crippen LogP contribution in [-0.4, -0.2) is 65.0 Å². The summed E-state index contributed by atoms with van der Waals surface area (Å²) in [6, 6.07) is 4.18. The maximum Gasteiger partial charge on any atom is 0.192 e. The van der Waals surface area contributed by atoms with Gasteiger partial charge in [-0.1, -0.05) is 6.07 Å². The summed E-state index contributed by atoms with van der Waals surface area (Å²) in [6.07, 6.45) is 0. The second-order valence-electron chi connectivity index (χ2n) is 6.20. The number of morpholine rings is 1. The molecule has 0 amide bonds. The van der Waals surface area contributed by atoms with Crippen LogP contribution in [0.1, 0.15) is 16.5 Å². The average molecular weight is 378 g/mol. The third-order valence-electron chi connectivity index (χ3n) is 4.40. The summed E-state index contributed by atoms with van der Waals surface area (Å²) < 4.78 is 7.36. The van der Waals surface area contributed by atoms with Gasteiger partial charge in [0.1, 0.15) is 12.4 Å². The molecule has 0 aliphatic carbocycles. The highest BCUT2D eigenvalue weighted by Gasteiger charge is 2.10. The lowest BCUT2D eigenvalue weighted by Crippen LogP contribution is -2.44. The minimum absolute atomic E-state index is 0.495. The number of ether oxygens (including phenoxy) is 1. The van der Waals surface area contributed by atoms with Crippen LogP contribution in [0.3, 0.4) is 0 Å². The van der Waals surface area contributed by atoms with E-state index in [1.54, 1.807) is 11.3 Å². The van der Waals surface area contributed by atoms with Crippen molar-refractivity contribution in [2.75, 3.05) is 39.4 Å². The molecule has 2 N–H and O–H groups in total. The molecule has 0 unspecified atom stereocenters. The van der Waals surface area contributed by atoms with Crippen LogP contribution in [-0.2, 0) is 24.9 Å². The second-order valence-corrected chi connectivity index (χ2v) is 7.23. The molecule has 2 aromatic rings. The molecule has 0 aromatic carbocycles. The van der Waals surface area contributed by atoms with Crippen molar-refractivity contribution >= 4 is 17.3 Å². The van der Waals surface area contributed by atoms with E-state index in [1.165, 1.54) is 4.88 Å². The van der Waals surface area contributed by atoms with E-state index in [0.29, 0.717) is 6.54 Å². The number of aliphatic imine (C=N–C) groups is 1. The van der Waals surface area contributed by atoms with Crippen molar-refractivity contribution in [3.63, 3.8) is 0 Å². The Bertz CT molecular complexity index is 692. The highest BCUT2D eigenvalue weighted by Crippen LogP contribution is 2.07. The van der Waals surface area contributed by atoms with Crippen LogP contribution >= 0.6 is 11.3 Å². The van der Waals surface area contributed by atoms with Gasteiger partial charge in [-0.15, -0.1) is 21.5 Å². The van der Waals surface area contributed by atoms with E-state index in [9.17, 15) is 0 Å². The fourth-order valence-electron chi connectivity index (χ4n) is 2.65. The molecule has 0 radical (unpaired) electrons. The van der Waals surface area contributed by atoms with Gasteiger partial charge in [0.2, 0.25) is 0 Å². The lowest BCUT2D eigenvalue weighted by molar-refractivity contribution is 0.0389. The van der Waals surface area contributed by atoms with Crippen molar-refractivity contribution in [3.05, 3.63) is 34.0 Å². The fourth-order valence-corrected chi connectivity index (χ4v) is 3.30. The van der Waals surface area contributed by atoms with E-state index in [2.05, 4.69) is 48.2 Å². The molecular weight excluding hydrogens is 350 g/mol. The summed E-state index contributed by atoms with van der Waals surface area (Å²) in [5.41, 5.74) is 0. The Balaban J connectivity index is 1.54. The number of thiophene rings is 1. The van der Waals surface area contributed by atoms with Gasteiger partial charge >= 0.3 is 0 Å². The molecule has 9 heteroatoms. The van der Waals surface area contributed by atoms with E-state index >= 15 is 0 Å². The number of nitrogens with one attached hydrogen (secondary N) is 2. The first kappa shape index (κ1) is 18.8.